The third-order valence-corrected chi connectivity index (χ3v) is 5.91. The van der Waals surface area contributed by atoms with Crippen LogP contribution in [0.5, 0.6) is 0 Å². The molecular weight excluding hydrogens is 268 g/mol. The number of thiophene rings is 1. The van der Waals surface area contributed by atoms with Gasteiger partial charge in [0.25, 0.3) is 0 Å². The molecule has 1 aromatic heterocycles. The molecule has 0 saturated heterocycles. The fraction of sp³-hybridized carbons (Fsp3) is 0.667. The summed E-state index contributed by atoms with van der Waals surface area (Å²) < 4.78 is 27.5. The molecule has 1 aliphatic carbocycles. The molecule has 1 aromatic rings. The van der Waals surface area contributed by atoms with Gasteiger partial charge in [-0.15, -0.1) is 11.3 Å². The average molecular weight is 288 g/mol. The molecule has 6 heteroatoms. The molecular formula is C12H20N2O2S2. The molecule has 1 heterocycles. The molecule has 102 valence electrons. The quantitative estimate of drug-likeness (QED) is 0.872. The van der Waals surface area contributed by atoms with E-state index in [-0.39, 0.29) is 6.04 Å². The SMILES string of the molecule is CNCc1sccc1S(=O)(=O)NC1CCCCC1. The highest BCUT2D eigenvalue weighted by Crippen LogP contribution is 2.24. The first-order valence-electron chi connectivity index (χ1n) is 6.37. The minimum atomic E-state index is -3.35. The van der Waals surface area contributed by atoms with Crippen LogP contribution in [0.3, 0.4) is 0 Å². The van der Waals surface area contributed by atoms with Gasteiger partial charge in [0.2, 0.25) is 10.0 Å². The summed E-state index contributed by atoms with van der Waals surface area (Å²) in [4.78, 5) is 1.31. The zero-order chi connectivity index (χ0) is 13.0. The van der Waals surface area contributed by atoms with Gasteiger partial charge in [0.15, 0.2) is 0 Å². The molecule has 18 heavy (non-hydrogen) atoms. The highest BCUT2D eigenvalue weighted by atomic mass is 32.2. The Balaban J connectivity index is 2.11. The van der Waals surface area contributed by atoms with Crippen molar-refractivity contribution < 1.29 is 8.42 Å². The van der Waals surface area contributed by atoms with E-state index in [0.29, 0.717) is 11.4 Å². The van der Waals surface area contributed by atoms with Gasteiger partial charge in [-0.2, -0.15) is 0 Å². The number of hydrogen-bond acceptors (Lipinski definition) is 4. The van der Waals surface area contributed by atoms with E-state index in [4.69, 9.17) is 0 Å². The number of rotatable bonds is 5. The Morgan fingerprint density at radius 2 is 2.06 bits per heavy atom. The maximum absolute atomic E-state index is 12.3. The van der Waals surface area contributed by atoms with E-state index >= 15 is 0 Å². The molecule has 2 N–H and O–H groups in total. The summed E-state index contributed by atoms with van der Waals surface area (Å²) >= 11 is 1.48. The average Bonchev–Trinajstić information content (AvgIpc) is 2.79. The third kappa shape index (κ3) is 3.32. The van der Waals surface area contributed by atoms with E-state index < -0.39 is 10.0 Å². The molecule has 0 aliphatic heterocycles. The smallest absolute Gasteiger partial charge is 0.241 e. The minimum Gasteiger partial charge on any atom is -0.315 e. The monoisotopic (exact) mass is 288 g/mol. The van der Waals surface area contributed by atoms with E-state index in [9.17, 15) is 8.42 Å². The number of hydrogen-bond donors (Lipinski definition) is 2. The highest BCUT2D eigenvalue weighted by molar-refractivity contribution is 7.89. The summed E-state index contributed by atoms with van der Waals surface area (Å²) in [5.74, 6) is 0. The van der Waals surface area contributed by atoms with Crippen molar-refractivity contribution in [2.24, 2.45) is 0 Å². The Hall–Kier alpha value is -0.430. The van der Waals surface area contributed by atoms with Crippen molar-refractivity contribution in [3.8, 4) is 0 Å². The largest absolute Gasteiger partial charge is 0.315 e. The maximum Gasteiger partial charge on any atom is 0.241 e. The zero-order valence-electron chi connectivity index (χ0n) is 10.6. The first kappa shape index (κ1) is 14.0. The molecule has 0 bridgehead atoms. The molecule has 0 unspecified atom stereocenters. The van der Waals surface area contributed by atoms with Gasteiger partial charge in [0.1, 0.15) is 0 Å². The Labute approximate surface area is 113 Å². The molecule has 4 nitrogen and oxygen atoms in total. The van der Waals surface area contributed by atoms with E-state index in [0.717, 1.165) is 30.6 Å². The van der Waals surface area contributed by atoms with Crippen LogP contribution in [0.25, 0.3) is 0 Å². The van der Waals surface area contributed by atoms with Crippen LogP contribution in [-0.4, -0.2) is 21.5 Å². The summed E-state index contributed by atoms with van der Waals surface area (Å²) in [5, 5.41) is 4.84. The Morgan fingerprint density at radius 1 is 1.33 bits per heavy atom. The van der Waals surface area contributed by atoms with Crippen LogP contribution in [0.1, 0.15) is 37.0 Å². The van der Waals surface area contributed by atoms with Crippen LogP contribution >= 0.6 is 11.3 Å². The summed E-state index contributed by atoms with van der Waals surface area (Å²) in [5.41, 5.74) is 0. The van der Waals surface area contributed by atoms with Crippen molar-refractivity contribution in [2.75, 3.05) is 7.05 Å². The normalized spacial score (nSPS) is 18.1. The van der Waals surface area contributed by atoms with Crippen LogP contribution in [0, 0.1) is 0 Å². The van der Waals surface area contributed by atoms with Gasteiger partial charge >= 0.3 is 0 Å². The number of nitrogens with one attached hydrogen (secondary N) is 2. The second-order valence-corrected chi connectivity index (χ2v) is 7.38. The van der Waals surface area contributed by atoms with Gasteiger partial charge in [-0.05, 0) is 31.3 Å². The van der Waals surface area contributed by atoms with Crippen LogP contribution < -0.4 is 10.0 Å². The first-order chi connectivity index (χ1) is 8.63. The molecule has 0 spiro atoms. The molecule has 0 amide bonds. The lowest BCUT2D eigenvalue weighted by Gasteiger charge is -2.22. The highest BCUT2D eigenvalue weighted by Gasteiger charge is 2.24. The molecule has 2 rings (SSSR count). The van der Waals surface area contributed by atoms with Gasteiger partial charge in [0.05, 0.1) is 4.90 Å². The van der Waals surface area contributed by atoms with Gasteiger partial charge < -0.3 is 5.32 Å². The van der Waals surface area contributed by atoms with Gasteiger partial charge in [-0.1, -0.05) is 19.3 Å². The van der Waals surface area contributed by atoms with Crippen LogP contribution in [-0.2, 0) is 16.6 Å². The van der Waals surface area contributed by atoms with Crippen LogP contribution in [0.15, 0.2) is 16.3 Å². The van der Waals surface area contributed by atoms with E-state index in [1.807, 2.05) is 12.4 Å². The lowest BCUT2D eigenvalue weighted by molar-refractivity contribution is 0.412. The molecule has 1 fully saturated rings. The van der Waals surface area contributed by atoms with Crippen molar-refractivity contribution in [1.29, 1.82) is 0 Å². The first-order valence-corrected chi connectivity index (χ1v) is 8.73. The Kier molecular flexibility index (Phi) is 4.77. The lowest BCUT2D eigenvalue weighted by Crippen LogP contribution is -2.36. The van der Waals surface area contributed by atoms with E-state index in [2.05, 4.69) is 10.0 Å². The molecule has 0 aromatic carbocycles. The maximum atomic E-state index is 12.3. The van der Waals surface area contributed by atoms with E-state index in [1.54, 1.807) is 6.07 Å². The fourth-order valence-corrected chi connectivity index (χ4v) is 5.12. The van der Waals surface area contributed by atoms with Crippen molar-refractivity contribution >= 4 is 21.4 Å². The van der Waals surface area contributed by atoms with Crippen molar-refractivity contribution in [2.45, 2.75) is 49.6 Å². The van der Waals surface area contributed by atoms with Gasteiger partial charge in [-0.25, -0.2) is 13.1 Å². The Bertz CT molecular complexity index is 476. The summed E-state index contributed by atoms with van der Waals surface area (Å²) in [6.07, 6.45) is 5.40. The minimum absolute atomic E-state index is 0.117. The summed E-state index contributed by atoms with van der Waals surface area (Å²) in [6, 6.07) is 1.81. The molecule has 0 radical (unpaired) electrons. The van der Waals surface area contributed by atoms with Gasteiger partial charge in [-0.3, -0.25) is 0 Å². The standard InChI is InChI=1S/C12H20N2O2S2/c1-13-9-11-12(7-8-17-11)18(15,16)14-10-5-3-2-4-6-10/h7-8,10,13-14H,2-6,9H2,1H3. The Morgan fingerprint density at radius 3 is 2.72 bits per heavy atom. The molecule has 0 atom stereocenters. The topological polar surface area (TPSA) is 58.2 Å². The van der Waals surface area contributed by atoms with Crippen LogP contribution in [0.2, 0.25) is 0 Å². The predicted octanol–water partition coefficient (Wildman–Crippen LogP) is 2.08. The predicted molar refractivity (Wildman–Crippen MR) is 74.3 cm³/mol. The zero-order valence-corrected chi connectivity index (χ0v) is 12.2. The number of sulfonamides is 1. The van der Waals surface area contributed by atoms with Gasteiger partial charge in [0, 0.05) is 17.5 Å². The second-order valence-electron chi connectivity index (χ2n) is 4.69. The van der Waals surface area contributed by atoms with Crippen molar-refractivity contribution in [3.05, 3.63) is 16.3 Å². The second kappa shape index (κ2) is 6.14. The van der Waals surface area contributed by atoms with E-state index in [1.165, 1.54) is 17.8 Å². The molecule has 1 saturated carbocycles. The summed E-state index contributed by atoms with van der Waals surface area (Å²) in [7, 11) is -1.52. The lowest BCUT2D eigenvalue weighted by atomic mass is 9.96. The summed E-state index contributed by atoms with van der Waals surface area (Å²) in [6.45, 7) is 0.596. The van der Waals surface area contributed by atoms with Crippen molar-refractivity contribution in [3.63, 3.8) is 0 Å². The fourth-order valence-electron chi connectivity index (χ4n) is 2.36. The molecule has 1 aliphatic rings. The van der Waals surface area contributed by atoms with Crippen LogP contribution in [0.4, 0.5) is 0 Å². The van der Waals surface area contributed by atoms with Crippen molar-refractivity contribution in [1.82, 2.24) is 10.0 Å². The third-order valence-electron chi connectivity index (χ3n) is 3.26.